The minimum Gasteiger partial charge on any atom is -0.398 e. The van der Waals surface area contributed by atoms with Gasteiger partial charge < -0.3 is 11.1 Å². The predicted octanol–water partition coefficient (Wildman–Crippen LogP) is 3.27. The molecule has 20 heavy (non-hydrogen) atoms. The molecule has 3 nitrogen and oxygen atoms in total. The molecule has 1 aromatic rings. The van der Waals surface area contributed by atoms with Gasteiger partial charge in [-0.15, -0.1) is 0 Å². The number of amides is 1. The minimum atomic E-state index is -2.60. The Kier molecular flexibility index (Phi) is 4.26. The van der Waals surface area contributed by atoms with Gasteiger partial charge in [-0.2, -0.15) is 0 Å². The summed E-state index contributed by atoms with van der Waals surface area (Å²) in [6.45, 7) is 1.85. The Hall–Kier alpha value is -1.65. The molecule has 1 unspecified atom stereocenters. The summed E-state index contributed by atoms with van der Waals surface area (Å²) in [7, 11) is 0. The quantitative estimate of drug-likeness (QED) is 0.836. The van der Waals surface area contributed by atoms with Gasteiger partial charge in [-0.05, 0) is 31.4 Å². The summed E-state index contributed by atoms with van der Waals surface area (Å²) < 4.78 is 26.1. The number of nitrogens with one attached hydrogen (secondary N) is 1. The molecule has 1 aliphatic carbocycles. The molecule has 0 heterocycles. The van der Waals surface area contributed by atoms with Crippen LogP contribution >= 0.6 is 0 Å². The van der Waals surface area contributed by atoms with Crippen molar-refractivity contribution in [1.29, 1.82) is 0 Å². The Morgan fingerprint density at radius 3 is 2.55 bits per heavy atom. The molecule has 0 radical (unpaired) electrons. The first-order valence-electron chi connectivity index (χ1n) is 6.92. The van der Waals surface area contributed by atoms with Gasteiger partial charge in [-0.1, -0.05) is 18.2 Å². The molecule has 1 aliphatic rings. The van der Waals surface area contributed by atoms with E-state index < -0.39 is 5.92 Å². The first-order chi connectivity index (χ1) is 9.39. The van der Waals surface area contributed by atoms with Crippen molar-refractivity contribution in [2.45, 2.75) is 44.6 Å². The van der Waals surface area contributed by atoms with E-state index in [1.165, 1.54) is 0 Å². The molecule has 110 valence electrons. The van der Waals surface area contributed by atoms with Gasteiger partial charge in [0.2, 0.25) is 11.8 Å². The number of nitrogens with two attached hydrogens (primary N) is 1. The van der Waals surface area contributed by atoms with Crippen molar-refractivity contribution in [3.8, 4) is 0 Å². The van der Waals surface area contributed by atoms with Gasteiger partial charge in [0.05, 0.1) is 6.04 Å². The fraction of sp³-hybridized carbons (Fsp3) is 0.533. The smallest absolute Gasteiger partial charge is 0.248 e. The van der Waals surface area contributed by atoms with Crippen LogP contribution in [0.1, 0.15) is 44.2 Å². The van der Waals surface area contributed by atoms with Crippen molar-refractivity contribution in [1.82, 2.24) is 5.32 Å². The van der Waals surface area contributed by atoms with Gasteiger partial charge in [0.15, 0.2) is 0 Å². The lowest BCUT2D eigenvalue weighted by Gasteiger charge is -2.28. The summed E-state index contributed by atoms with van der Waals surface area (Å²) in [6.07, 6.45) is 0.0888. The van der Waals surface area contributed by atoms with Crippen LogP contribution in [0.15, 0.2) is 24.3 Å². The third-order valence-electron chi connectivity index (χ3n) is 3.91. The molecule has 1 atom stereocenters. The van der Waals surface area contributed by atoms with Crippen LogP contribution in [0.3, 0.4) is 0 Å². The Balaban J connectivity index is 1.94. The van der Waals surface area contributed by atoms with Crippen LogP contribution in [-0.2, 0) is 4.79 Å². The number of alkyl halides is 2. The van der Waals surface area contributed by atoms with Gasteiger partial charge in [0.1, 0.15) is 0 Å². The molecule has 3 N–H and O–H groups in total. The minimum absolute atomic E-state index is 0.156. The number of rotatable bonds is 3. The SMILES string of the molecule is CC(NC(=O)C1CCC(F)(F)CC1)c1ccccc1N. The number of para-hydroxylation sites is 1. The van der Waals surface area contributed by atoms with Crippen LogP contribution in [0.25, 0.3) is 0 Å². The monoisotopic (exact) mass is 282 g/mol. The molecule has 0 bridgehead atoms. The first-order valence-corrected chi connectivity index (χ1v) is 6.92. The zero-order chi connectivity index (χ0) is 14.8. The lowest BCUT2D eigenvalue weighted by atomic mass is 9.86. The van der Waals surface area contributed by atoms with Crippen molar-refractivity contribution in [2.24, 2.45) is 5.92 Å². The van der Waals surface area contributed by atoms with Crippen molar-refractivity contribution in [2.75, 3.05) is 5.73 Å². The second-order valence-corrected chi connectivity index (χ2v) is 5.49. The van der Waals surface area contributed by atoms with Crippen molar-refractivity contribution >= 4 is 11.6 Å². The van der Waals surface area contributed by atoms with Crippen molar-refractivity contribution < 1.29 is 13.6 Å². The standard InChI is InChI=1S/C15H20F2N2O/c1-10(12-4-2-3-5-13(12)18)19-14(20)11-6-8-15(16,17)9-7-11/h2-5,10-11H,6-9,18H2,1H3,(H,19,20). The molecular formula is C15H20F2N2O. The Morgan fingerprint density at radius 1 is 1.35 bits per heavy atom. The van der Waals surface area contributed by atoms with Crippen LogP contribution in [-0.4, -0.2) is 11.8 Å². The maximum atomic E-state index is 13.1. The molecule has 1 fully saturated rings. The van der Waals surface area contributed by atoms with E-state index in [4.69, 9.17) is 5.73 Å². The van der Waals surface area contributed by atoms with Gasteiger partial charge in [0, 0.05) is 24.4 Å². The molecule has 0 saturated heterocycles. The Labute approximate surface area is 117 Å². The summed E-state index contributed by atoms with van der Waals surface area (Å²) in [5, 5.41) is 2.87. The third kappa shape index (κ3) is 3.46. The Bertz CT molecular complexity index is 481. The summed E-state index contributed by atoms with van der Waals surface area (Å²) >= 11 is 0. The van der Waals surface area contributed by atoms with Gasteiger partial charge in [-0.3, -0.25) is 4.79 Å². The highest BCUT2D eigenvalue weighted by Crippen LogP contribution is 2.36. The number of anilines is 1. The summed E-state index contributed by atoms with van der Waals surface area (Å²) in [5.41, 5.74) is 7.33. The Morgan fingerprint density at radius 2 is 1.95 bits per heavy atom. The molecule has 2 rings (SSSR count). The molecule has 0 spiro atoms. The summed E-state index contributed by atoms with van der Waals surface area (Å²) in [6, 6.07) is 7.10. The summed E-state index contributed by atoms with van der Waals surface area (Å²) in [5.74, 6) is -3.08. The van der Waals surface area contributed by atoms with Crippen molar-refractivity contribution in [3.05, 3.63) is 29.8 Å². The molecule has 1 saturated carbocycles. The highest BCUT2D eigenvalue weighted by Gasteiger charge is 2.37. The molecular weight excluding hydrogens is 262 g/mol. The molecule has 1 aromatic carbocycles. The highest BCUT2D eigenvalue weighted by atomic mass is 19.3. The second kappa shape index (κ2) is 5.77. The lowest BCUT2D eigenvalue weighted by molar-refractivity contribution is -0.129. The zero-order valence-electron chi connectivity index (χ0n) is 11.5. The van der Waals surface area contributed by atoms with Gasteiger partial charge >= 0.3 is 0 Å². The van der Waals surface area contributed by atoms with E-state index in [2.05, 4.69) is 5.32 Å². The molecule has 1 amide bonds. The fourth-order valence-corrected chi connectivity index (χ4v) is 2.62. The molecule has 5 heteroatoms. The predicted molar refractivity (Wildman–Crippen MR) is 74.3 cm³/mol. The average Bonchev–Trinajstić information content (AvgIpc) is 2.38. The number of carbonyl (C=O) groups excluding carboxylic acids is 1. The number of carbonyl (C=O) groups is 1. The number of benzene rings is 1. The van der Waals surface area contributed by atoms with E-state index in [0.29, 0.717) is 5.69 Å². The third-order valence-corrected chi connectivity index (χ3v) is 3.91. The highest BCUT2D eigenvalue weighted by molar-refractivity contribution is 5.79. The second-order valence-electron chi connectivity index (χ2n) is 5.49. The van der Waals surface area contributed by atoms with E-state index in [9.17, 15) is 13.6 Å². The summed E-state index contributed by atoms with van der Waals surface area (Å²) in [4.78, 5) is 12.1. The number of nitrogen functional groups attached to an aromatic ring is 1. The largest absolute Gasteiger partial charge is 0.398 e. The van der Waals surface area contributed by atoms with E-state index in [1.807, 2.05) is 25.1 Å². The van der Waals surface area contributed by atoms with E-state index in [0.717, 1.165) is 5.56 Å². The number of hydrogen-bond acceptors (Lipinski definition) is 2. The van der Waals surface area contributed by atoms with E-state index in [-0.39, 0.29) is 43.6 Å². The number of hydrogen-bond donors (Lipinski definition) is 2. The lowest BCUT2D eigenvalue weighted by Crippen LogP contribution is -2.37. The van der Waals surface area contributed by atoms with Crippen LogP contribution < -0.4 is 11.1 Å². The maximum absolute atomic E-state index is 13.1. The molecule has 0 aliphatic heterocycles. The van der Waals surface area contributed by atoms with Crippen molar-refractivity contribution in [3.63, 3.8) is 0 Å². The maximum Gasteiger partial charge on any atom is 0.248 e. The zero-order valence-corrected chi connectivity index (χ0v) is 11.5. The first kappa shape index (κ1) is 14.8. The van der Waals surface area contributed by atoms with Crippen LogP contribution in [0, 0.1) is 5.92 Å². The fourth-order valence-electron chi connectivity index (χ4n) is 2.62. The van der Waals surface area contributed by atoms with Crippen LogP contribution in [0.2, 0.25) is 0 Å². The topological polar surface area (TPSA) is 55.1 Å². The van der Waals surface area contributed by atoms with Crippen LogP contribution in [0.5, 0.6) is 0 Å². The van der Waals surface area contributed by atoms with E-state index >= 15 is 0 Å². The number of halogens is 2. The van der Waals surface area contributed by atoms with Gasteiger partial charge in [-0.25, -0.2) is 8.78 Å². The van der Waals surface area contributed by atoms with Crippen LogP contribution in [0.4, 0.5) is 14.5 Å². The normalized spacial score (nSPS) is 20.4. The van der Waals surface area contributed by atoms with Gasteiger partial charge in [0.25, 0.3) is 0 Å². The molecule has 0 aromatic heterocycles. The average molecular weight is 282 g/mol. The van der Waals surface area contributed by atoms with E-state index in [1.54, 1.807) is 6.07 Å².